The number of hydrogen-bond donors (Lipinski definition) is 2. The van der Waals surface area contributed by atoms with Gasteiger partial charge in [-0.1, -0.05) is 30.3 Å². The van der Waals surface area contributed by atoms with Crippen molar-refractivity contribution in [3.63, 3.8) is 0 Å². The Morgan fingerprint density at radius 1 is 1.23 bits per heavy atom. The summed E-state index contributed by atoms with van der Waals surface area (Å²) in [4.78, 5) is 19.4. The van der Waals surface area contributed by atoms with Gasteiger partial charge < -0.3 is 10.6 Å². The van der Waals surface area contributed by atoms with E-state index in [1.165, 1.54) is 11.6 Å². The van der Waals surface area contributed by atoms with Gasteiger partial charge >= 0.3 is 11.8 Å². The number of amidine groups is 1. The van der Waals surface area contributed by atoms with Crippen LogP contribution in [0.5, 0.6) is 0 Å². The lowest BCUT2D eigenvalue weighted by Crippen LogP contribution is -2.57. The van der Waals surface area contributed by atoms with Crippen molar-refractivity contribution < 1.29 is 18.0 Å². The molecular formula is C13H9F3N4OS. The molecule has 1 aromatic carbocycles. The van der Waals surface area contributed by atoms with Crippen LogP contribution in [0.4, 0.5) is 18.3 Å². The molecule has 1 amide bonds. The fourth-order valence-corrected chi connectivity index (χ4v) is 2.54. The fourth-order valence-electron chi connectivity index (χ4n) is 1.96. The summed E-state index contributed by atoms with van der Waals surface area (Å²) in [6.07, 6.45) is -3.58. The van der Waals surface area contributed by atoms with E-state index < -0.39 is 17.7 Å². The molecule has 0 aliphatic carbocycles. The number of nitrogens with one attached hydrogen (secondary N) is 2. The van der Waals surface area contributed by atoms with Crippen LogP contribution in [0.3, 0.4) is 0 Å². The smallest absolute Gasteiger partial charge is 0.322 e. The number of thiazole rings is 1. The number of alkyl halides is 3. The van der Waals surface area contributed by atoms with Crippen LogP contribution >= 0.6 is 11.3 Å². The first-order chi connectivity index (χ1) is 10.4. The van der Waals surface area contributed by atoms with Crippen molar-refractivity contribution in [2.24, 2.45) is 4.99 Å². The first-order valence-corrected chi connectivity index (χ1v) is 7.01. The van der Waals surface area contributed by atoms with Crippen LogP contribution in [0.15, 0.2) is 46.9 Å². The highest BCUT2D eigenvalue weighted by Crippen LogP contribution is 2.38. The quantitative estimate of drug-likeness (QED) is 0.910. The maximum absolute atomic E-state index is 13.5. The minimum Gasteiger partial charge on any atom is -0.322 e. The van der Waals surface area contributed by atoms with Gasteiger partial charge in [-0.05, 0) is 0 Å². The fraction of sp³-hybridized carbons (Fsp3) is 0.154. The molecule has 1 aromatic heterocycles. The summed E-state index contributed by atoms with van der Waals surface area (Å²) < 4.78 is 40.5. The second kappa shape index (κ2) is 5.09. The Hall–Kier alpha value is -2.42. The highest BCUT2D eigenvalue weighted by molar-refractivity contribution is 7.13. The Morgan fingerprint density at radius 2 is 1.95 bits per heavy atom. The van der Waals surface area contributed by atoms with E-state index in [0.717, 1.165) is 11.3 Å². The Bertz CT molecular complexity index is 715. The van der Waals surface area contributed by atoms with Crippen LogP contribution in [-0.2, 0) is 4.79 Å². The Labute approximate surface area is 126 Å². The van der Waals surface area contributed by atoms with Gasteiger partial charge in [0.15, 0.2) is 5.13 Å². The Morgan fingerprint density at radius 3 is 2.55 bits per heavy atom. The topological polar surface area (TPSA) is 66.4 Å². The van der Waals surface area contributed by atoms with Crippen molar-refractivity contribution in [3.8, 4) is 0 Å². The number of nitrogens with zero attached hydrogens (tertiary/aromatic N) is 2. The lowest BCUT2D eigenvalue weighted by Gasteiger charge is -2.26. The van der Waals surface area contributed by atoms with E-state index in [1.807, 2.05) is 0 Å². The van der Waals surface area contributed by atoms with Gasteiger partial charge in [0.2, 0.25) is 0 Å². The first-order valence-electron chi connectivity index (χ1n) is 6.13. The van der Waals surface area contributed by atoms with Crippen molar-refractivity contribution in [3.05, 3.63) is 47.5 Å². The minimum atomic E-state index is -4.92. The van der Waals surface area contributed by atoms with Crippen molar-refractivity contribution >= 4 is 28.2 Å². The van der Waals surface area contributed by atoms with E-state index in [-0.39, 0.29) is 11.0 Å². The molecule has 0 spiro atoms. The average Bonchev–Trinajstić information content (AvgIpc) is 3.09. The second-order valence-electron chi connectivity index (χ2n) is 4.45. The third-order valence-corrected chi connectivity index (χ3v) is 3.71. The van der Waals surface area contributed by atoms with E-state index in [0.29, 0.717) is 5.56 Å². The number of hydrogen-bond acceptors (Lipinski definition) is 5. The molecule has 2 N–H and O–H groups in total. The molecule has 0 saturated heterocycles. The highest BCUT2D eigenvalue weighted by atomic mass is 32.1. The van der Waals surface area contributed by atoms with Gasteiger partial charge in [0.05, 0.1) is 0 Å². The van der Waals surface area contributed by atoms with E-state index >= 15 is 0 Å². The number of carbonyl (C=O) groups excluding carboxylic acids is 1. The molecule has 0 fully saturated rings. The lowest BCUT2D eigenvalue weighted by molar-refractivity contribution is -0.181. The van der Waals surface area contributed by atoms with E-state index in [1.54, 1.807) is 30.3 Å². The number of benzene rings is 1. The van der Waals surface area contributed by atoms with Crippen molar-refractivity contribution in [2.75, 3.05) is 5.32 Å². The van der Waals surface area contributed by atoms with E-state index in [9.17, 15) is 18.0 Å². The summed E-state index contributed by atoms with van der Waals surface area (Å²) in [7, 11) is 0. The van der Waals surface area contributed by atoms with E-state index in [2.05, 4.69) is 20.6 Å². The van der Waals surface area contributed by atoms with E-state index in [4.69, 9.17) is 0 Å². The SMILES string of the molecule is O=C1NC(c2ccccc2)=N[C@]1(Nc1nccs1)C(F)(F)F. The van der Waals surface area contributed by atoms with Crippen LogP contribution in [0, 0.1) is 0 Å². The molecular weight excluding hydrogens is 317 g/mol. The van der Waals surface area contributed by atoms with Crippen LogP contribution in [0.25, 0.3) is 0 Å². The molecule has 2 aromatic rings. The highest BCUT2D eigenvalue weighted by Gasteiger charge is 2.64. The van der Waals surface area contributed by atoms with Crippen LogP contribution in [0.1, 0.15) is 5.56 Å². The molecule has 0 unspecified atom stereocenters. The van der Waals surface area contributed by atoms with Gasteiger partial charge in [0.1, 0.15) is 5.84 Å². The normalized spacial score (nSPS) is 21.4. The molecule has 2 heterocycles. The lowest BCUT2D eigenvalue weighted by atomic mass is 10.1. The van der Waals surface area contributed by atoms with Gasteiger partial charge in [-0.25, -0.2) is 9.98 Å². The summed E-state index contributed by atoms with van der Waals surface area (Å²) in [5, 5.41) is 5.76. The van der Waals surface area contributed by atoms with Crippen molar-refractivity contribution in [1.82, 2.24) is 10.3 Å². The monoisotopic (exact) mass is 326 g/mol. The van der Waals surface area contributed by atoms with Gasteiger partial charge in [0.25, 0.3) is 5.91 Å². The summed E-state index contributed by atoms with van der Waals surface area (Å²) in [6.45, 7) is 0. The number of carbonyl (C=O) groups is 1. The van der Waals surface area contributed by atoms with Crippen molar-refractivity contribution in [2.45, 2.75) is 11.8 Å². The summed E-state index contributed by atoms with van der Waals surface area (Å²) in [6, 6.07) is 8.13. The molecule has 5 nitrogen and oxygen atoms in total. The minimum absolute atomic E-state index is 0.0365. The molecule has 0 bridgehead atoms. The standard InChI is InChI=1S/C13H9F3N4OS/c14-13(15,16)12(20-11-17-6-7-22-11)10(21)18-9(19-12)8-4-2-1-3-5-8/h1-7H,(H,17,20)(H,18,19,21)/t12-/m1/s1. The molecule has 1 aliphatic heterocycles. The summed E-state index contributed by atoms with van der Waals surface area (Å²) in [5.74, 6) is -1.42. The Balaban J connectivity index is 2.06. The van der Waals surface area contributed by atoms with Crippen LogP contribution in [0.2, 0.25) is 0 Å². The summed E-state index contributed by atoms with van der Waals surface area (Å²) in [5.41, 5.74) is -2.68. The van der Waals surface area contributed by atoms with Crippen LogP contribution < -0.4 is 10.6 Å². The maximum atomic E-state index is 13.5. The molecule has 9 heteroatoms. The van der Waals surface area contributed by atoms with Gasteiger partial charge in [-0.2, -0.15) is 13.2 Å². The van der Waals surface area contributed by atoms with Gasteiger partial charge in [-0.3, -0.25) is 4.79 Å². The zero-order valence-corrected chi connectivity index (χ0v) is 11.7. The third-order valence-electron chi connectivity index (χ3n) is 3.02. The molecule has 0 saturated carbocycles. The molecule has 1 aliphatic rings. The molecule has 114 valence electrons. The predicted octanol–water partition coefficient (Wildman–Crippen LogP) is 2.39. The maximum Gasteiger partial charge on any atom is 0.442 e. The number of anilines is 1. The number of halogens is 3. The second-order valence-corrected chi connectivity index (χ2v) is 5.35. The van der Waals surface area contributed by atoms with Crippen LogP contribution in [-0.4, -0.2) is 28.6 Å². The number of rotatable bonds is 3. The molecule has 0 radical (unpaired) electrons. The molecule has 1 atom stereocenters. The largest absolute Gasteiger partial charge is 0.442 e. The zero-order chi connectivity index (χ0) is 15.8. The average molecular weight is 326 g/mol. The van der Waals surface area contributed by atoms with Gasteiger partial charge in [0, 0.05) is 17.1 Å². The molecule has 3 rings (SSSR count). The predicted molar refractivity (Wildman–Crippen MR) is 75.6 cm³/mol. The third kappa shape index (κ3) is 2.33. The first kappa shape index (κ1) is 14.5. The number of amides is 1. The molecule has 22 heavy (non-hydrogen) atoms. The summed E-state index contributed by atoms with van der Waals surface area (Å²) >= 11 is 0.952. The zero-order valence-electron chi connectivity index (χ0n) is 10.9. The van der Waals surface area contributed by atoms with Crippen molar-refractivity contribution in [1.29, 1.82) is 0 Å². The number of aromatic nitrogens is 1. The van der Waals surface area contributed by atoms with Gasteiger partial charge in [-0.15, -0.1) is 11.3 Å². The number of aliphatic imine (C=N–C) groups is 1. The Kier molecular flexibility index (Phi) is 3.36.